The molecule has 1 saturated heterocycles. The number of phenolic OH excluding ortho intramolecular Hbond substituents is 1. The van der Waals surface area contributed by atoms with Gasteiger partial charge in [-0.15, -0.1) is 0 Å². The highest BCUT2D eigenvalue weighted by molar-refractivity contribution is 5.77. The standard InChI is InChI=1S/C11H13N3O2/c15-7-3-4-8-9(6-7)14(11(16)13-8)10-2-1-5-12-10/h3-4,6,10,12,15H,1-2,5H2,(H,13,16). The van der Waals surface area contributed by atoms with Crippen molar-refractivity contribution >= 4 is 11.0 Å². The lowest BCUT2D eigenvalue weighted by Gasteiger charge is -2.11. The number of nitrogens with one attached hydrogen (secondary N) is 2. The molecule has 1 aliphatic rings. The minimum absolute atomic E-state index is 0.0445. The summed E-state index contributed by atoms with van der Waals surface area (Å²) in [4.78, 5) is 14.6. The Labute approximate surface area is 91.7 Å². The van der Waals surface area contributed by atoms with E-state index in [-0.39, 0.29) is 17.6 Å². The zero-order valence-corrected chi connectivity index (χ0v) is 8.73. The van der Waals surface area contributed by atoms with Crippen LogP contribution in [0, 0.1) is 0 Å². The lowest BCUT2D eigenvalue weighted by Crippen LogP contribution is -2.28. The zero-order valence-electron chi connectivity index (χ0n) is 8.73. The van der Waals surface area contributed by atoms with Crippen LogP contribution in [0.3, 0.4) is 0 Å². The quantitative estimate of drug-likeness (QED) is 0.668. The van der Waals surface area contributed by atoms with Gasteiger partial charge < -0.3 is 10.1 Å². The number of aromatic amines is 1. The van der Waals surface area contributed by atoms with Gasteiger partial charge in [0.25, 0.3) is 0 Å². The maximum absolute atomic E-state index is 11.8. The van der Waals surface area contributed by atoms with Gasteiger partial charge in [0.15, 0.2) is 0 Å². The van der Waals surface area contributed by atoms with Gasteiger partial charge in [-0.2, -0.15) is 0 Å². The molecule has 3 rings (SSSR count). The van der Waals surface area contributed by atoms with E-state index >= 15 is 0 Å². The van der Waals surface area contributed by atoms with Gasteiger partial charge in [-0.1, -0.05) is 0 Å². The van der Waals surface area contributed by atoms with Crippen LogP contribution in [-0.4, -0.2) is 21.2 Å². The first kappa shape index (κ1) is 9.47. The molecular weight excluding hydrogens is 206 g/mol. The Morgan fingerprint density at radius 1 is 1.44 bits per heavy atom. The van der Waals surface area contributed by atoms with Crippen LogP contribution in [0.2, 0.25) is 0 Å². The molecule has 0 amide bonds. The Morgan fingerprint density at radius 2 is 2.31 bits per heavy atom. The summed E-state index contributed by atoms with van der Waals surface area (Å²) >= 11 is 0. The fraction of sp³-hybridized carbons (Fsp3) is 0.364. The molecule has 84 valence electrons. The molecule has 2 aromatic rings. The first-order valence-corrected chi connectivity index (χ1v) is 5.42. The molecule has 0 saturated carbocycles. The van der Waals surface area contributed by atoms with E-state index < -0.39 is 0 Å². The van der Waals surface area contributed by atoms with Crippen LogP contribution in [0.4, 0.5) is 0 Å². The van der Waals surface area contributed by atoms with Gasteiger partial charge >= 0.3 is 5.69 Å². The fourth-order valence-electron chi connectivity index (χ4n) is 2.31. The second-order valence-corrected chi connectivity index (χ2v) is 4.11. The summed E-state index contributed by atoms with van der Waals surface area (Å²) in [6.45, 7) is 0.933. The molecule has 1 aromatic heterocycles. The molecule has 5 nitrogen and oxygen atoms in total. The number of phenols is 1. The SMILES string of the molecule is O=c1[nH]c2ccc(O)cc2n1C1CCCN1. The number of hydrogen-bond acceptors (Lipinski definition) is 3. The second kappa shape index (κ2) is 3.38. The smallest absolute Gasteiger partial charge is 0.327 e. The third-order valence-corrected chi connectivity index (χ3v) is 3.05. The average Bonchev–Trinajstić information content (AvgIpc) is 2.83. The third kappa shape index (κ3) is 1.32. The predicted octanol–water partition coefficient (Wildman–Crippen LogP) is 0.917. The number of benzene rings is 1. The van der Waals surface area contributed by atoms with Gasteiger partial charge in [0.2, 0.25) is 0 Å². The number of rotatable bonds is 1. The molecule has 1 aliphatic heterocycles. The summed E-state index contributed by atoms with van der Waals surface area (Å²) in [5.41, 5.74) is 1.39. The third-order valence-electron chi connectivity index (χ3n) is 3.05. The van der Waals surface area contributed by atoms with Crippen molar-refractivity contribution in [1.29, 1.82) is 0 Å². The number of imidazole rings is 1. The molecule has 16 heavy (non-hydrogen) atoms. The fourth-order valence-corrected chi connectivity index (χ4v) is 2.31. The Balaban J connectivity index is 2.25. The number of fused-ring (bicyclic) bond motifs is 1. The number of aromatic hydroxyl groups is 1. The molecular formula is C11H13N3O2. The molecule has 0 aliphatic carbocycles. The number of aromatic nitrogens is 2. The minimum Gasteiger partial charge on any atom is -0.508 e. The summed E-state index contributed by atoms with van der Waals surface area (Å²) in [6, 6.07) is 4.91. The molecule has 1 aromatic carbocycles. The van der Waals surface area contributed by atoms with E-state index in [2.05, 4.69) is 10.3 Å². The van der Waals surface area contributed by atoms with Crippen molar-refractivity contribution in [3.8, 4) is 5.75 Å². The van der Waals surface area contributed by atoms with E-state index in [1.807, 2.05) is 0 Å². The van der Waals surface area contributed by atoms with Crippen molar-refractivity contribution in [2.45, 2.75) is 19.0 Å². The highest BCUT2D eigenvalue weighted by Crippen LogP contribution is 2.22. The number of H-pyrrole nitrogens is 1. The molecule has 1 fully saturated rings. The average molecular weight is 219 g/mol. The first-order chi connectivity index (χ1) is 7.75. The normalized spacial score (nSPS) is 20.6. The van der Waals surface area contributed by atoms with Crippen LogP contribution in [0.15, 0.2) is 23.0 Å². The maximum Gasteiger partial charge on any atom is 0.327 e. The molecule has 1 unspecified atom stereocenters. The van der Waals surface area contributed by atoms with E-state index in [0.29, 0.717) is 0 Å². The van der Waals surface area contributed by atoms with Gasteiger partial charge in [-0.3, -0.25) is 9.88 Å². The van der Waals surface area contributed by atoms with E-state index in [1.165, 1.54) is 0 Å². The highest BCUT2D eigenvalue weighted by Gasteiger charge is 2.20. The highest BCUT2D eigenvalue weighted by atomic mass is 16.3. The number of nitrogens with zero attached hydrogens (tertiary/aromatic N) is 1. The first-order valence-electron chi connectivity index (χ1n) is 5.42. The summed E-state index contributed by atoms with van der Waals surface area (Å²) in [5, 5.41) is 12.7. The summed E-state index contributed by atoms with van der Waals surface area (Å²) in [6.07, 6.45) is 2.06. The van der Waals surface area contributed by atoms with Crippen LogP contribution in [0.25, 0.3) is 11.0 Å². The van der Waals surface area contributed by atoms with E-state index in [1.54, 1.807) is 22.8 Å². The Morgan fingerprint density at radius 3 is 3.06 bits per heavy atom. The van der Waals surface area contributed by atoms with Crippen LogP contribution in [0.5, 0.6) is 5.75 Å². The van der Waals surface area contributed by atoms with Crippen molar-refractivity contribution in [2.75, 3.05) is 6.54 Å². The summed E-state index contributed by atoms with van der Waals surface area (Å²) in [5.74, 6) is 0.179. The molecule has 2 heterocycles. The maximum atomic E-state index is 11.8. The monoisotopic (exact) mass is 219 g/mol. The molecule has 0 spiro atoms. The minimum atomic E-state index is -0.125. The molecule has 3 N–H and O–H groups in total. The molecule has 0 bridgehead atoms. The van der Waals surface area contributed by atoms with Crippen LogP contribution < -0.4 is 11.0 Å². The van der Waals surface area contributed by atoms with Crippen molar-refractivity contribution in [3.05, 3.63) is 28.7 Å². The second-order valence-electron chi connectivity index (χ2n) is 4.11. The Kier molecular flexibility index (Phi) is 2.00. The topological polar surface area (TPSA) is 70.0 Å². The summed E-state index contributed by atoms with van der Waals surface area (Å²) in [7, 11) is 0. The summed E-state index contributed by atoms with van der Waals surface area (Å²) < 4.78 is 1.68. The zero-order chi connectivity index (χ0) is 11.1. The van der Waals surface area contributed by atoms with E-state index in [4.69, 9.17) is 0 Å². The van der Waals surface area contributed by atoms with Crippen LogP contribution in [0.1, 0.15) is 19.0 Å². The lowest BCUT2D eigenvalue weighted by molar-refractivity contribution is 0.464. The van der Waals surface area contributed by atoms with Crippen molar-refractivity contribution < 1.29 is 5.11 Å². The largest absolute Gasteiger partial charge is 0.508 e. The predicted molar refractivity (Wildman–Crippen MR) is 60.5 cm³/mol. The van der Waals surface area contributed by atoms with Crippen molar-refractivity contribution in [1.82, 2.24) is 14.9 Å². The van der Waals surface area contributed by atoms with Gasteiger partial charge in [0, 0.05) is 6.07 Å². The Hall–Kier alpha value is -1.75. The molecule has 1 atom stereocenters. The van der Waals surface area contributed by atoms with Crippen molar-refractivity contribution in [2.24, 2.45) is 0 Å². The van der Waals surface area contributed by atoms with E-state index in [9.17, 15) is 9.90 Å². The number of hydrogen-bond donors (Lipinski definition) is 3. The van der Waals surface area contributed by atoms with Crippen LogP contribution >= 0.6 is 0 Å². The lowest BCUT2D eigenvalue weighted by atomic mass is 10.3. The molecule has 5 heteroatoms. The van der Waals surface area contributed by atoms with Crippen LogP contribution in [-0.2, 0) is 0 Å². The van der Waals surface area contributed by atoms with Gasteiger partial charge in [0.05, 0.1) is 17.2 Å². The molecule has 0 radical (unpaired) electrons. The van der Waals surface area contributed by atoms with Gasteiger partial charge in [-0.05, 0) is 31.5 Å². The Bertz CT molecular complexity index is 578. The van der Waals surface area contributed by atoms with E-state index in [0.717, 1.165) is 30.4 Å². The van der Waals surface area contributed by atoms with Gasteiger partial charge in [0.1, 0.15) is 5.75 Å². The van der Waals surface area contributed by atoms with Gasteiger partial charge in [-0.25, -0.2) is 4.79 Å². The van der Waals surface area contributed by atoms with Crippen molar-refractivity contribution in [3.63, 3.8) is 0 Å².